The monoisotopic (exact) mass is 320 g/mol. The second-order valence-corrected chi connectivity index (χ2v) is 7.25. The third-order valence-electron chi connectivity index (χ3n) is 3.82. The largest absolute Gasteiger partial charge is 0.333 e. The highest BCUT2D eigenvalue weighted by molar-refractivity contribution is 7.89. The molecular weight excluding hydrogens is 300 g/mol. The molecule has 0 radical (unpaired) electrons. The quantitative estimate of drug-likeness (QED) is 0.867. The normalized spacial score (nSPS) is 23.9. The number of piperazine rings is 1. The summed E-state index contributed by atoms with van der Waals surface area (Å²) in [7, 11) is -3.43. The first-order chi connectivity index (χ1) is 9.07. The molecule has 3 heterocycles. The molecule has 2 aliphatic heterocycles. The second kappa shape index (κ2) is 6.01. The van der Waals surface area contributed by atoms with E-state index in [1.807, 2.05) is 11.5 Å². The zero-order chi connectivity index (χ0) is 13.5. The van der Waals surface area contributed by atoms with Crippen LogP contribution in [0.15, 0.2) is 11.2 Å². The summed E-state index contributed by atoms with van der Waals surface area (Å²) in [5.41, 5.74) is 0. The van der Waals surface area contributed by atoms with E-state index in [0.29, 0.717) is 19.6 Å². The highest BCUT2D eigenvalue weighted by Gasteiger charge is 2.31. The second-order valence-electron chi connectivity index (χ2n) is 5.36. The summed E-state index contributed by atoms with van der Waals surface area (Å²) >= 11 is 0. The summed E-state index contributed by atoms with van der Waals surface area (Å²) in [6, 6.07) is 0.195. The van der Waals surface area contributed by atoms with Crippen molar-refractivity contribution in [1.29, 1.82) is 0 Å². The number of aryl methyl sites for hydroxylation is 2. The van der Waals surface area contributed by atoms with Crippen LogP contribution in [-0.4, -0.2) is 48.0 Å². The summed E-state index contributed by atoms with van der Waals surface area (Å²) in [6.07, 6.45) is 4.79. The lowest BCUT2D eigenvalue weighted by molar-refractivity contribution is 0.309. The van der Waals surface area contributed by atoms with E-state index in [9.17, 15) is 8.42 Å². The summed E-state index contributed by atoms with van der Waals surface area (Å²) in [5.74, 6) is 0.910. The van der Waals surface area contributed by atoms with E-state index in [1.54, 1.807) is 10.5 Å². The van der Waals surface area contributed by atoms with E-state index in [1.165, 1.54) is 0 Å². The fourth-order valence-electron chi connectivity index (χ4n) is 2.76. The van der Waals surface area contributed by atoms with E-state index in [0.717, 1.165) is 31.6 Å². The van der Waals surface area contributed by atoms with Gasteiger partial charge in [0.15, 0.2) is 5.03 Å². The first-order valence-corrected chi connectivity index (χ1v) is 8.31. The van der Waals surface area contributed by atoms with Crippen LogP contribution in [0.4, 0.5) is 0 Å². The minimum atomic E-state index is -3.43. The number of fused-ring (bicyclic) bond motifs is 1. The highest BCUT2D eigenvalue weighted by Crippen LogP contribution is 2.20. The number of imidazole rings is 1. The molecule has 1 aromatic heterocycles. The molecule has 2 aliphatic rings. The number of sulfonamides is 1. The molecule has 0 saturated carbocycles. The molecule has 0 bridgehead atoms. The Hall–Kier alpha value is -0.630. The summed E-state index contributed by atoms with van der Waals surface area (Å²) < 4.78 is 28.7. The van der Waals surface area contributed by atoms with Gasteiger partial charge in [-0.25, -0.2) is 13.4 Å². The zero-order valence-electron chi connectivity index (χ0n) is 11.6. The van der Waals surface area contributed by atoms with Crippen molar-refractivity contribution in [1.82, 2.24) is 19.2 Å². The standard InChI is InChI=1S/C12H20N4O2S.ClH/c1-10-8-16(7-5-13-10)19(17,18)12-9-15-6-3-2-4-11(15)14-12;/h9-10,13H,2-8H2,1H3;1H/t10-;/m1./s1. The van der Waals surface area contributed by atoms with Gasteiger partial charge in [0.05, 0.1) is 0 Å². The Kier molecular flexibility index (Phi) is 4.73. The van der Waals surface area contributed by atoms with Crippen molar-refractivity contribution >= 4 is 22.4 Å². The van der Waals surface area contributed by atoms with Gasteiger partial charge in [-0.1, -0.05) is 0 Å². The minimum Gasteiger partial charge on any atom is -0.333 e. The number of rotatable bonds is 2. The van der Waals surface area contributed by atoms with Crippen LogP contribution in [0.2, 0.25) is 0 Å². The average Bonchev–Trinajstić information content (AvgIpc) is 2.83. The topological polar surface area (TPSA) is 67.2 Å². The summed E-state index contributed by atoms with van der Waals surface area (Å²) in [6.45, 7) is 4.63. The number of aromatic nitrogens is 2. The smallest absolute Gasteiger partial charge is 0.262 e. The van der Waals surface area contributed by atoms with E-state index in [4.69, 9.17) is 0 Å². The van der Waals surface area contributed by atoms with Gasteiger partial charge in [0.25, 0.3) is 10.0 Å². The van der Waals surface area contributed by atoms with E-state index in [-0.39, 0.29) is 23.5 Å². The van der Waals surface area contributed by atoms with Gasteiger partial charge in [0.2, 0.25) is 0 Å². The molecule has 1 fully saturated rings. The van der Waals surface area contributed by atoms with Gasteiger partial charge in [-0.05, 0) is 19.8 Å². The Morgan fingerprint density at radius 1 is 1.35 bits per heavy atom. The van der Waals surface area contributed by atoms with Crippen molar-refractivity contribution < 1.29 is 8.42 Å². The maximum absolute atomic E-state index is 12.6. The average molecular weight is 321 g/mol. The lowest BCUT2D eigenvalue weighted by atomic mass is 10.2. The molecule has 8 heteroatoms. The lowest BCUT2D eigenvalue weighted by Gasteiger charge is -2.30. The number of hydrogen-bond donors (Lipinski definition) is 1. The van der Waals surface area contributed by atoms with Crippen LogP contribution in [0.5, 0.6) is 0 Å². The lowest BCUT2D eigenvalue weighted by Crippen LogP contribution is -2.51. The molecule has 0 unspecified atom stereocenters. The summed E-state index contributed by atoms with van der Waals surface area (Å²) in [5, 5.41) is 3.47. The first kappa shape index (κ1) is 15.8. The van der Waals surface area contributed by atoms with Crippen molar-refractivity contribution in [3.05, 3.63) is 12.0 Å². The van der Waals surface area contributed by atoms with Crippen molar-refractivity contribution in [3.8, 4) is 0 Å². The SMILES string of the molecule is C[C@@H]1CN(S(=O)(=O)c2cn3c(n2)CCCC3)CCN1.Cl. The molecular formula is C12H21ClN4O2S. The predicted molar refractivity (Wildman–Crippen MR) is 78.6 cm³/mol. The van der Waals surface area contributed by atoms with E-state index in [2.05, 4.69) is 10.3 Å². The van der Waals surface area contributed by atoms with Crippen LogP contribution < -0.4 is 5.32 Å². The molecule has 6 nitrogen and oxygen atoms in total. The maximum atomic E-state index is 12.6. The Labute approximate surface area is 126 Å². The molecule has 0 aliphatic carbocycles. The van der Waals surface area contributed by atoms with Crippen LogP contribution in [0.1, 0.15) is 25.6 Å². The molecule has 0 spiro atoms. The molecule has 114 valence electrons. The Morgan fingerprint density at radius 3 is 2.85 bits per heavy atom. The van der Waals surface area contributed by atoms with Crippen LogP contribution in [0, 0.1) is 0 Å². The van der Waals surface area contributed by atoms with Crippen LogP contribution >= 0.6 is 12.4 Å². The van der Waals surface area contributed by atoms with Gasteiger partial charge in [-0.15, -0.1) is 12.4 Å². The molecule has 1 saturated heterocycles. The van der Waals surface area contributed by atoms with Crippen molar-refractivity contribution in [2.75, 3.05) is 19.6 Å². The molecule has 1 aromatic rings. The van der Waals surface area contributed by atoms with Gasteiger partial charge < -0.3 is 9.88 Å². The number of nitrogens with zero attached hydrogens (tertiary/aromatic N) is 3. The van der Waals surface area contributed by atoms with Crippen LogP contribution in [-0.2, 0) is 23.0 Å². The third kappa shape index (κ3) is 2.86. The molecule has 0 amide bonds. The Balaban J connectivity index is 0.00000147. The Bertz CT molecular complexity index is 549. The van der Waals surface area contributed by atoms with Crippen molar-refractivity contribution in [3.63, 3.8) is 0 Å². The molecule has 1 N–H and O–H groups in total. The molecule has 20 heavy (non-hydrogen) atoms. The number of nitrogens with one attached hydrogen (secondary N) is 1. The van der Waals surface area contributed by atoms with Crippen molar-refractivity contribution in [2.45, 2.75) is 43.8 Å². The minimum absolute atomic E-state index is 0. The van der Waals surface area contributed by atoms with Gasteiger partial charge in [-0.3, -0.25) is 0 Å². The van der Waals surface area contributed by atoms with Gasteiger partial charge in [0, 0.05) is 44.8 Å². The summed E-state index contributed by atoms with van der Waals surface area (Å²) in [4.78, 5) is 4.34. The number of hydrogen-bond acceptors (Lipinski definition) is 4. The van der Waals surface area contributed by atoms with E-state index >= 15 is 0 Å². The van der Waals surface area contributed by atoms with Gasteiger partial charge in [0.1, 0.15) is 5.82 Å². The van der Waals surface area contributed by atoms with Crippen LogP contribution in [0.25, 0.3) is 0 Å². The predicted octanol–water partition coefficient (Wildman–Crippen LogP) is 0.624. The number of halogens is 1. The maximum Gasteiger partial charge on any atom is 0.262 e. The zero-order valence-corrected chi connectivity index (χ0v) is 13.2. The van der Waals surface area contributed by atoms with Gasteiger partial charge in [-0.2, -0.15) is 4.31 Å². The van der Waals surface area contributed by atoms with E-state index < -0.39 is 10.0 Å². The van der Waals surface area contributed by atoms with Gasteiger partial charge >= 0.3 is 0 Å². The fraction of sp³-hybridized carbons (Fsp3) is 0.750. The highest BCUT2D eigenvalue weighted by atomic mass is 35.5. The molecule has 0 aromatic carbocycles. The third-order valence-corrected chi connectivity index (χ3v) is 5.56. The molecule has 1 atom stereocenters. The fourth-order valence-corrected chi connectivity index (χ4v) is 4.26. The first-order valence-electron chi connectivity index (χ1n) is 6.87. The molecule has 3 rings (SSSR count). The Morgan fingerprint density at radius 2 is 2.15 bits per heavy atom. The van der Waals surface area contributed by atoms with Crippen LogP contribution in [0.3, 0.4) is 0 Å². The van der Waals surface area contributed by atoms with Crippen molar-refractivity contribution in [2.24, 2.45) is 0 Å².